The van der Waals surface area contributed by atoms with Gasteiger partial charge in [0.2, 0.25) is 11.8 Å². The summed E-state index contributed by atoms with van der Waals surface area (Å²) in [6, 6.07) is 15.4. The lowest BCUT2D eigenvalue weighted by Gasteiger charge is -2.28. The van der Waals surface area contributed by atoms with E-state index < -0.39 is 24.1 Å². The first-order valence-corrected chi connectivity index (χ1v) is 15.3. The molecule has 0 bridgehead atoms. The van der Waals surface area contributed by atoms with Gasteiger partial charge in [0.1, 0.15) is 17.7 Å². The first-order valence-electron chi connectivity index (χ1n) is 15.3. The molecule has 0 fully saturated rings. The number of aliphatic hydroxyl groups is 1. The third-order valence-corrected chi connectivity index (χ3v) is 7.97. The van der Waals surface area contributed by atoms with Gasteiger partial charge in [-0.15, -0.1) is 0 Å². The summed E-state index contributed by atoms with van der Waals surface area (Å²) in [6.45, 7) is 6.77. The van der Waals surface area contributed by atoms with Crippen LogP contribution in [0.1, 0.15) is 68.0 Å². The van der Waals surface area contributed by atoms with Crippen molar-refractivity contribution in [3.8, 4) is 0 Å². The van der Waals surface area contributed by atoms with Crippen LogP contribution in [0.4, 0.5) is 0 Å². The molecule has 5 rings (SSSR count). The molecule has 1 aliphatic rings. The number of H-pyrrole nitrogens is 1. The lowest BCUT2D eigenvalue weighted by atomic mass is 10.0. The number of carbonyl (C=O) groups excluding carboxylic acids is 3. The van der Waals surface area contributed by atoms with E-state index in [1.54, 1.807) is 40.8 Å². The number of carbonyl (C=O) groups is 3. The second kappa shape index (κ2) is 13.9. The topological polar surface area (TPSA) is 145 Å². The summed E-state index contributed by atoms with van der Waals surface area (Å²) >= 11 is 0. The summed E-state index contributed by atoms with van der Waals surface area (Å²) in [4.78, 5) is 50.1. The van der Waals surface area contributed by atoms with E-state index in [9.17, 15) is 19.5 Å². The Hall–Kier alpha value is -4.51. The SMILES string of the molecule is Cc1nc2n(n1)CCN(C(=O)[C@H](O)c1ccccc1)CCCC(=O)N[C@H](Cc1c[nH]c3ccccc13)C(=O)N[C@H]2CC(C)C. The minimum atomic E-state index is -1.32. The van der Waals surface area contributed by atoms with E-state index in [2.05, 4.69) is 34.6 Å². The van der Waals surface area contributed by atoms with Crippen LogP contribution in [-0.2, 0) is 27.3 Å². The molecule has 0 spiro atoms. The van der Waals surface area contributed by atoms with Gasteiger partial charge in [0.15, 0.2) is 6.10 Å². The molecule has 44 heavy (non-hydrogen) atoms. The molecule has 11 heteroatoms. The van der Waals surface area contributed by atoms with Gasteiger partial charge >= 0.3 is 0 Å². The number of hydrogen-bond donors (Lipinski definition) is 4. The summed E-state index contributed by atoms with van der Waals surface area (Å²) < 4.78 is 1.75. The summed E-state index contributed by atoms with van der Waals surface area (Å²) in [5.74, 6) is 0.364. The molecule has 1 aliphatic heterocycles. The Morgan fingerprint density at radius 2 is 1.75 bits per heavy atom. The molecule has 2 aromatic heterocycles. The summed E-state index contributed by atoms with van der Waals surface area (Å²) in [7, 11) is 0. The van der Waals surface area contributed by atoms with Crippen molar-refractivity contribution in [1.29, 1.82) is 0 Å². The maximum absolute atomic E-state index is 13.9. The van der Waals surface area contributed by atoms with E-state index in [-0.39, 0.29) is 37.2 Å². The zero-order chi connectivity index (χ0) is 31.2. The van der Waals surface area contributed by atoms with Gasteiger partial charge in [-0.3, -0.25) is 14.4 Å². The van der Waals surface area contributed by atoms with Gasteiger partial charge in [-0.05, 0) is 42.9 Å². The van der Waals surface area contributed by atoms with Crippen LogP contribution in [0.3, 0.4) is 0 Å². The van der Waals surface area contributed by atoms with Gasteiger partial charge in [0.05, 0.1) is 12.6 Å². The van der Waals surface area contributed by atoms with Crippen molar-refractivity contribution >= 4 is 28.6 Å². The Labute approximate surface area is 257 Å². The van der Waals surface area contributed by atoms with Crippen molar-refractivity contribution in [1.82, 2.24) is 35.3 Å². The van der Waals surface area contributed by atoms with Gasteiger partial charge in [-0.25, -0.2) is 9.67 Å². The molecule has 11 nitrogen and oxygen atoms in total. The Morgan fingerprint density at radius 3 is 2.52 bits per heavy atom. The number of nitrogens with one attached hydrogen (secondary N) is 3. The first-order chi connectivity index (χ1) is 21.2. The molecule has 4 N–H and O–H groups in total. The number of para-hydroxylation sites is 1. The number of aromatic amines is 1. The minimum Gasteiger partial charge on any atom is -0.378 e. The second-order valence-corrected chi connectivity index (χ2v) is 11.9. The molecule has 3 atom stereocenters. The Balaban J connectivity index is 1.45. The first kappa shape index (κ1) is 30.9. The maximum Gasteiger partial charge on any atom is 0.256 e. The lowest BCUT2D eigenvalue weighted by molar-refractivity contribution is -0.141. The van der Waals surface area contributed by atoms with Crippen LogP contribution in [-0.4, -0.2) is 66.6 Å². The standard InChI is InChI=1S/C33H41N7O4/c1-21(2)18-27-31-35-22(3)38-40(31)17-16-39(33(44)30(42)23-10-5-4-6-11-23)15-9-14-29(41)36-28(32(43)37-27)19-24-20-34-26-13-8-7-12-25(24)26/h4-8,10-13,20-21,27-28,30,34,42H,9,14-19H2,1-3H3,(H,36,41)(H,37,43)/t27-,28+,30+/m0/s1. The van der Waals surface area contributed by atoms with Crippen LogP contribution in [0.2, 0.25) is 0 Å². The number of aromatic nitrogens is 4. The monoisotopic (exact) mass is 599 g/mol. The fourth-order valence-corrected chi connectivity index (χ4v) is 5.79. The molecule has 4 aromatic rings. The van der Waals surface area contributed by atoms with Gasteiger partial charge in [0.25, 0.3) is 5.91 Å². The molecular weight excluding hydrogens is 558 g/mol. The number of amides is 3. The highest BCUT2D eigenvalue weighted by Crippen LogP contribution is 2.23. The summed E-state index contributed by atoms with van der Waals surface area (Å²) in [6.07, 6.45) is 1.94. The fraction of sp³-hybridized carbons (Fsp3) is 0.424. The summed E-state index contributed by atoms with van der Waals surface area (Å²) in [5.41, 5.74) is 2.39. The zero-order valence-corrected chi connectivity index (χ0v) is 25.5. The van der Waals surface area contributed by atoms with Crippen LogP contribution < -0.4 is 10.6 Å². The van der Waals surface area contributed by atoms with Gasteiger partial charge in [-0.1, -0.05) is 62.4 Å². The molecular formula is C33H41N7O4. The van der Waals surface area contributed by atoms with Crippen LogP contribution in [0.5, 0.6) is 0 Å². The molecule has 0 saturated carbocycles. The molecule has 0 radical (unpaired) electrons. The van der Waals surface area contributed by atoms with E-state index in [4.69, 9.17) is 4.98 Å². The highest BCUT2D eigenvalue weighted by molar-refractivity contribution is 5.90. The largest absolute Gasteiger partial charge is 0.378 e. The maximum atomic E-state index is 13.9. The third kappa shape index (κ3) is 7.34. The summed E-state index contributed by atoms with van der Waals surface area (Å²) in [5, 5.41) is 22.6. The normalized spacial score (nSPS) is 19.2. The predicted octanol–water partition coefficient (Wildman–Crippen LogP) is 3.35. The van der Waals surface area contributed by atoms with E-state index >= 15 is 0 Å². The zero-order valence-electron chi connectivity index (χ0n) is 25.5. The highest BCUT2D eigenvalue weighted by Gasteiger charge is 2.30. The van der Waals surface area contributed by atoms with E-state index in [1.165, 1.54) is 0 Å². The Kier molecular flexibility index (Phi) is 9.74. The van der Waals surface area contributed by atoms with Crippen LogP contribution in [0.15, 0.2) is 60.8 Å². The molecule has 0 saturated heterocycles. The van der Waals surface area contributed by atoms with Crippen molar-refractivity contribution in [3.05, 3.63) is 83.6 Å². The van der Waals surface area contributed by atoms with Crippen molar-refractivity contribution in [2.45, 2.75) is 71.2 Å². The van der Waals surface area contributed by atoms with E-state index in [0.29, 0.717) is 43.0 Å². The number of aliphatic hydroxyl groups excluding tert-OH is 1. The number of benzene rings is 2. The van der Waals surface area contributed by atoms with Crippen molar-refractivity contribution < 1.29 is 19.5 Å². The van der Waals surface area contributed by atoms with Crippen LogP contribution in [0, 0.1) is 12.8 Å². The molecule has 2 aromatic carbocycles. The third-order valence-electron chi connectivity index (χ3n) is 7.97. The van der Waals surface area contributed by atoms with Gasteiger partial charge < -0.3 is 25.6 Å². The molecule has 232 valence electrons. The van der Waals surface area contributed by atoms with Crippen molar-refractivity contribution in [2.24, 2.45) is 5.92 Å². The fourth-order valence-electron chi connectivity index (χ4n) is 5.79. The number of aryl methyl sites for hydroxylation is 1. The smallest absolute Gasteiger partial charge is 0.256 e. The number of rotatable bonds is 6. The average Bonchev–Trinajstić information content (AvgIpc) is 3.60. The Bertz CT molecular complexity index is 1600. The molecule has 3 amide bonds. The number of fused-ring (bicyclic) bond motifs is 2. The quantitative estimate of drug-likeness (QED) is 0.268. The molecule has 0 unspecified atom stereocenters. The predicted molar refractivity (Wildman–Crippen MR) is 166 cm³/mol. The Morgan fingerprint density at radius 1 is 1.00 bits per heavy atom. The van der Waals surface area contributed by atoms with E-state index in [0.717, 1.165) is 16.5 Å². The lowest BCUT2D eigenvalue weighted by Crippen LogP contribution is -2.49. The van der Waals surface area contributed by atoms with Gasteiger partial charge in [0, 0.05) is 43.0 Å². The van der Waals surface area contributed by atoms with Gasteiger partial charge in [-0.2, -0.15) is 5.10 Å². The van der Waals surface area contributed by atoms with E-state index in [1.807, 2.05) is 36.5 Å². The van der Waals surface area contributed by atoms with Crippen LogP contribution in [0.25, 0.3) is 10.9 Å². The second-order valence-electron chi connectivity index (χ2n) is 11.9. The average molecular weight is 600 g/mol. The minimum absolute atomic E-state index is 0.117. The molecule has 0 aliphatic carbocycles. The molecule has 3 heterocycles. The highest BCUT2D eigenvalue weighted by atomic mass is 16.3. The van der Waals surface area contributed by atoms with Crippen molar-refractivity contribution in [2.75, 3.05) is 13.1 Å². The van der Waals surface area contributed by atoms with Crippen molar-refractivity contribution in [3.63, 3.8) is 0 Å². The number of hydrogen-bond acceptors (Lipinski definition) is 6. The number of nitrogens with zero attached hydrogens (tertiary/aromatic N) is 4. The van der Waals surface area contributed by atoms with Crippen LogP contribution >= 0.6 is 0 Å².